The Bertz CT molecular complexity index is 499. The summed E-state index contributed by atoms with van der Waals surface area (Å²) in [5.41, 5.74) is 7.78. The van der Waals surface area contributed by atoms with E-state index in [4.69, 9.17) is 10.5 Å². The number of piperidine rings is 1. The summed E-state index contributed by atoms with van der Waals surface area (Å²) in [6.07, 6.45) is 2.02. The van der Waals surface area contributed by atoms with Gasteiger partial charge in [0.25, 0.3) is 0 Å². The van der Waals surface area contributed by atoms with Gasteiger partial charge < -0.3 is 15.8 Å². The van der Waals surface area contributed by atoms with Crippen LogP contribution in [-0.4, -0.2) is 50.1 Å². The fourth-order valence-electron chi connectivity index (χ4n) is 3.12. The Morgan fingerprint density at radius 2 is 2.13 bits per heavy atom. The van der Waals surface area contributed by atoms with Crippen molar-refractivity contribution in [3.63, 3.8) is 0 Å². The fraction of sp³-hybridized carbons (Fsp3) is 0.611. The molecule has 1 aliphatic rings. The number of carbonyl (C=O) groups is 1. The smallest absolute Gasteiger partial charge is 0.224 e. The summed E-state index contributed by atoms with van der Waals surface area (Å²) < 4.78 is 5.97. The number of benzene rings is 1. The summed E-state index contributed by atoms with van der Waals surface area (Å²) in [5, 5.41) is 2.90. The van der Waals surface area contributed by atoms with Crippen molar-refractivity contribution in [2.75, 3.05) is 39.3 Å². The third kappa shape index (κ3) is 5.22. The van der Waals surface area contributed by atoms with E-state index in [1.54, 1.807) is 0 Å². The largest absolute Gasteiger partial charge is 0.492 e. The Morgan fingerprint density at radius 1 is 1.39 bits per heavy atom. The van der Waals surface area contributed by atoms with Gasteiger partial charge in [0.1, 0.15) is 12.4 Å². The monoisotopic (exact) mass is 319 g/mol. The molecule has 23 heavy (non-hydrogen) atoms. The van der Waals surface area contributed by atoms with E-state index in [2.05, 4.69) is 36.2 Å². The van der Waals surface area contributed by atoms with Crippen LogP contribution >= 0.6 is 0 Å². The molecule has 0 bridgehead atoms. The molecular formula is C18H29N3O2. The van der Waals surface area contributed by atoms with Gasteiger partial charge in [0.15, 0.2) is 0 Å². The number of rotatable bonds is 7. The van der Waals surface area contributed by atoms with Crippen LogP contribution in [0.1, 0.15) is 24.0 Å². The molecule has 0 aliphatic carbocycles. The van der Waals surface area contributed by atoms with Crippen molar-refractivity contribution in [2.24, 2.45) is 11.7 Å². The number of para-hydroxylation sites is 1. The maximum atomic E-state index is 12.1. The predicted molar refractivity (Wildman–Crippen MR) is 92.6 cm³/mol. The van der Waals surface area contributed by atoms with E-state index in [1.165, 1.54) is 11.1 Å². The van der Waals surface area contributed by atoms with Crippen LogP contribution in [0.4, 0.5) is 0 Å². The minimum Gasteiger partial charge on any atom is -0.492 e. The van der Waals surface area contributed by atoms with E-state index in [-0.39, 0.29) is 11.8 Å². The fourth-order valence-corrected chi connectivity index (χ4v) is 3.12. The molecule has 5 heteroatoms. The summed E-state index contributed by atoms with van der Waals surface area (Å²) in [5.74, 6) is 1.20. The Labute approximate surface area is 139 Å². The van der Waals surface area contributed by atoms with Gasteiger partial charge in [-0.25, -0.2) is 0 Å². The Hall–Kier alpha value is -1.59. The maximum Gasteiger partial charge on any atom is 0.224 e. The van der Waals surface area contributed by atoms with E-state index in [0.29, 0.717) is 19.7 Å². The van der Waals surface area contributed by atoms with Crippen LogP contribution in [-0.2, 0) is 4.79 Å². The average molecular weight is 319 g/mol. The zero-order chi connectivity index (χ0) is 16.7. The third-order valence-electron chi connectivity index (χ3n) is 4.38. The third-order valence-corrected chi connectivity index (χ3v) is 4.38. The number of nitrogens with two attached hydrogens (primary N) is 1. The van der Waals surface area contributed by atoms with Crippen molar-refractivity contribution in [1.82, 2.24) is 10.2 Å². The second-order valence-corrected chi connectivity index (χ2v) is 6.29. The molecule has 0 radical (unpaired) electrons. The molecule has 1 aliphatic heterocycles. The lowest BCUT2D eigenvalue weighted by molar-refractivity contribution is -0.126. The van der Waals surface area contributed by atoms with Gasteiger partial charge in [-0.1, -0.05) is 18.2 Å². The molecule has 0 aromatic heterocycles. The lowest BCUT2D eigenvalue weighted by atomic mass is 9.97. The highest BCUT2D eigenvalue weighted by Crippen LogP contribution is 2.22. The molecule has 2 rings (SSSR count). The summed E-state index contributed by atoms with van der Waals surface area (Å²) in [4.78, 5) is 14.4. The summed E-state index contributed by atoms with van der Waals surface area (Å²) in [7, 11) is 0. The Morgan fingerprint density at radius 3 is 2.83 bits per heavy atom. The second-order valence-electron chi connectivity index (χ2n) is 6.29. The van der Waals surface area contributed by atoms with Crippen LogP contribution in [0.15, 0.2) is 18.2 Å². The number of likely N-dealkylation sites (tertiary alicyclic amines) is 1. The summed E-state index contributed by atoms with van der Waals surface area (Å²) in [6, 6.07) is 6.19. The number of nitrogens with zero attached hydrogens (tertiary/aromatic N) is 1. The number of amides is 1. The van der Waals surface area contributed by atoms with Crippen LogP contribution in [0.3, 0.4) is 0 Å². The van der Waals surface area contributed by atoms with Crippen molar-refractivity contribution in [3.05, 3.63) is 29.3 Å². The number of ether oxygens (including phenoxy) is 1. The van der Waals surface area contributed by atoms with Crippen molar-refractivity contribution in [3.8, 4) is 5.75 Å². The normalized spacial score (nSPS) is 18.7. The first-order valence-electron chi connectivity index (χ1n) is 8.51. The topological polar surface area (TPSA) is 67.6 Å². The molecule has 1 unspecified atom stereocenters. The number of aryl methyl sites for hydroxylation is 2. The lowest BCUT2D eigenvalue weighted by Crippen LogP contribution is -2.45. The minimum absolute atomic E-state index is 0.0792. The zero-order valence-corrected chi connectivity index (χ0v) is 14.3. The number of hydrogen-bond donors (Lipinski definition) is 2. The highest BCUT2D eigenvalue weighted by atomic mass is 16.5. The quantitative estimate of drug-likeness (QED) is 0.799. The molecule has 1 fully saturated rings. The molecule has 1 aromatic carbocycles. The number of nitrogens with one attached hydrogen (secondary N) is 1. The first-order chi connectivity index (χ1) is 11.1. The molecule has 1 heterocycles. The first kappa shape index (κ1) is 17.8. The lowest BCUT2D eigenvalue weighted by Gasteiger charge is -2.32. The molecule has 0 saturated carbocycles. The first-order valence-corrected chi connectivity index (χ1v) is 8.51. The van der Waals surface area contributed by atoms with Gasteiger partial charge in [0.2, 0.25) is 5.91 Å². The van der Waals surface area contributed by atoms with E-state index >= 15 is 0 Å². The second kappa shape index (κ2) is 8.89. The van der Waals surface area contributed by atoms with Gasteiger partial charge in [-0.2, -0.15) is 0 Å². The zero-order valence-electron chi connectivity index (χ0n) is 14.3. The van der Waals surface area contributed by atoms with E-state index in [9.17, 15) is 4.79 Å². The Balaban J connectivity index is 1.78. The van der Waals surface area contributed by atoms with E-state index < -0.39 is 0 Å². The highest BCUT2D eigenvalue weighted by molar-refractivity contribution is 5.78. The maximum absolute atomic E-state index is 12.1. The van der Waals surface area contributed by atoms with Gasteiger partial charge in [0, 0.05) is 26.2 Å². The van der Waals surface area contributed by atoms with Crippen molar-refractivity contribution in [2.45, 2.75) is 26.7 Å². The van der Waals surface area contributed by atoms with Gasteiger partial charge in [-0.15, -0.1) is 0 Å². The van der Waals surface area contributed by atoms with Crippen molar-refractivity contribution < 1.29 is 9.53 Å². The molecule has 1 saturated heterocycles. The standard InChI is InChI=1S/C18H29N3O2/c1-14-5-3-6-15(2)17(14)23-12-11-21-10-4-7-16(13-21)18(22)20-9-8-19/h3,5-6,16H,4,7-13,19H2,1-2H3,(H,20,22). The highest BCUT2D eigenvalue weighted by Gasteiger charge is 2.25. The minimum atomic E-state index is 0.0792. The molecule has 1 amide bonds. The summed E-state index contributed by atoms with van der Waals surface area (Å²) >= 11 is 0. The molecule has 128 valence electrons. The molecule has 3 N–H and O–H groups in total. The van der Waals surface area contributed by atoms with Crippen LogP contribution < -0.4 is 15.8 Å². The predicted octanol–water partition coefficient (Wildman–Crippen LogP) is 1.47. The molecule has 5 nitrogen and oxygen atoms in total. The summed E-state index contributed by atoms with van der Waals surface area (Å²) in [6.45, 7) is 8.56. The SMILES string of the molecule is Cc1cccc(C)c1OCCN1CCCC(C(=O)NCCN)C1. The number of carbonyl (C=O) groups excluding carboxylic acids is 1. The van der Waals surface area contributed by atoms with Crippen LogP contribution in [0.25, 0.3) is 0 Å². The van der Waals surface area contributed by atoms with Crippen molar-refractivity contribution >= 4 is 5.91 Å². The van der Waals surface area contributed by atoms with Crippen molar-refractivity contribution in [1.29, 1.82) is 0 Å². The molecule has 1 aromatic rings. The van der Waals surface area contributed by atoms with E-state index in [1.807, 2.05) is 6.07 Å². The molecule has 1 atom stereocenters. The van der Waals surface area contributed by atoms with Crippen LogP contribution in [0.2, 0.25) is 0 Å². The Kier molecular flexibility index (Phi) is 6.86. The van der Waals surface area contributed by atoms with Gasteiger partial charge in [-0.05, 0) is 44.4 Å². The van der Waals surface area contributed by atoms with Crippen LogP contribution in [0.5, 0.6) is 5.75 Å². The van der Waals surface area contributed by atoms with Gasteiger partial charge in [0.05, 0.1) is 5.92 Å². The molecule has 0 spiro atoms. The molecular weight excluding hydrogens is 290 g/mol. The van der Waals surface area contributed by atoms with Crippen LogP contribution in [0, 0.1) is 19.8 Å². The number of hydrogen-bond acceptors (Lipinski definition) is 4. The average Bonchev–Trinajstić information content (AvgIpc) is 2.55. The van der Waals surface area contributed by atoms with Gasteiger partial charge in [-0.3, -0.25) is 9.69 Å². The van der Waals surface area contributed by atoms with Gasteiger partial charge >= 0.3 is 0 Å². The van der Waals surface area contributed by atoms with E-state index in [0.717, 1.165) is 38.2 Å².